The van der Waals surface area contributed by atoms with Crippen molar-refractivity contribution < 1.29 is 9.53 Å². The number of hydrogen-bond acceptors (Lipinski definition) is 2. The fourth-order valence-electron chi connectivity index (χ4n) is 0.996. The Morgan fingerprint density at radius 2 is 1.81 bits per heavy atom. The van der Waals surface area contributed by atoms with Crippen LogP contribution in [0.15, 0.2) is 24.0 Å². The third-order valence-corrected chi connectivity index (χ3v) is 7.48. The maximum Gasteiger partial charge on any atom is 0.250 e. The minimum Gasteiger partial charge on any atom is -0.544 e. The summed E-state index contributed by atoms with van der Waals surface area (Å²) in [6.45, 7) is 18.5. The van der Waals surface area contributed by atoms with Crippen molar-refractivity contribution >= 4 is 8.32 Å². The lowest BCUT2D eigenvalue weighted by molar-refractivity contribution is 0.242. The van der Waals surface area contributed by atoms with Crippen molar-refractivity contribution in [3.63, 3.8) is 0 Å². The Kier molecular flexibility index (Phi) is 5.01. The van der Waals surface area contributed by atoms with Gasteiger partial charge in [0.2, 0.25) is 8.32 Å². The first-order chi connectivity index (χ1) is 6.97. The van der Waals surface area contributed by atoms with E-state index in [0.717, 1.165) is 5.57 Å². The van der Waals surface area contributed by atoms with Gasteiger partial charge >= 0.3 is 0 Å². The van der Waals surface area contributed by atoms with Gasteiger partial charge in [0.25, 0.3) is 0 Å². The molecule has 2 nitrogen and oxygen atoms in total. The van der Waals surface area contributed by atoms with Crippen LogP contribution in [0.2, 0.25) is 18.1 Å². The van der Waals surface area contributed by atoms with E-state index in [1.54, 1.807) is 13.0 Å². The normalized spacial score (nSPS) is 15.9. The van der Waals surface area contributed by atoms with Gasteiger partial charge in [0.05, 0.1) is 11.9 Å². The minimum atomic E-state index is -1.80. The first kappa shape index (κ1) is 15.5. The second-order valence-electron chi connectivity index (χ2n) is 5.88. The molecule has 1 N–H and O–H groups in total. The Morgan fingerprint density at radius 3 is 2.12 bits per heavy atom. The summed E-state index contributed by atoms with van der Waals surface area (Å²) in [5.41, 5.74) is 0.917. The highest BCUT2D eigenvalue weighted by atomic mass is 28.4. The molecule has 0 spiro atoms. The van der Waals surface area contributed by atoms with Crippen LogP contribution < -0.4 is 0 Å². The fourth-order valence-corrected chi connectivity index (χ4v) is 2.08. The van der Waals surface area contributed by atoms with Crippen molar-refractivity contribution in [2.24, 2.45) is 0 Å². The van der Waals surface area contributed by atoms with Crippen molar-refractivity contribution in [1.29, 1.82) is 0 Å². The number of aliphatic hydroxyl groups is 1. The second-order valence-corrected chi connectivity index (χ2v) is 10.6. The first-order valence-corrected chi connectivity index (χ1v) is 8.63. The van der Waals surface area contributed by atoms with Gasteiger partial charge in [0.15, 0.2) is 0 Å². The molecule has 94 valence electrons. The monoisotopic (exact) mass is 242 g/mol. The van der Waals surface area contributed by atoms with E-state index in [4.69, 9.17) is 4.43 Å². The van der Waals surface area contributed by atoms with Gasteiger partial charge in [-0.05, 0) is 43.6 Å². The third-order valence-electron chi connectivity index (χ3n) is 3.12. The topological polar surface area (TPSA) is 29.5 Å². The van der Waals surface area contributed by atoms with E-state index in [9.17, 15) is 5.11 Å². The molecule has 0 saturated carbocycles. The molecule has 3 heteroatoms. The molecule has 0 aliphatic carbocycles. The van der Waals surface area contributed by atoms with Crippen molar-refractivity contribution in [3.8, 4) is 0 Å². The molecule has 0 aromatic rings. The van der Waals surface area contributed by atoms with E-state index >= 15 is 0 Å². The van der Waals surface area contributed by atoms with Gasteiger partial charge in [-0.1, -0.05) is 27.4 Å². The van der Waals surface area contributed by atoms with E-state index in [-0.39, 0.29) is 5.04 Å². The van der Waals surface area contributed by atoms with Crippen molar-refractivity contribution in [1.82, 2.24) is 0 Å². The Labute approximate surface area is 101 Å². The summed E-state index contributed by atoms with van der Waals surface area (Å²) in [6, 6.07) is 0. The highest BCUT2D eigenvalue weighted by Crippen LogP contribution is 2.38. The smallest absolute Gasteiger partial charge is 0.250 e. The van der Waals surface area contributed by atoms with Crippen molar-refractivity contribution in [2.45, 2.75) is 58.9 Å². The SMILES string of the molecule is C=C(O[Si](C)(C)C(C)(C)C)/C(C)=C/[C@@H](C)O. The van der Waals surface area contributed by atoms with Gasteiger partial charge in [-0.3, -0.25) is 0 Å². The zero-order valence-electron chi connectivity index (χ0n) is 11.7. The average molecular weight is 242 g/mol. The van der Waals surface area contributed by atoms with Crippen LogP contribution in [0.5, 0.6) is 0 Å². The lowest BCUT2D eigenvalue weighted by Crippen LogP contribution is -2.40. The zero-order valence-corrected chi connectivity index (χ0v) is 12.7. The molecule has 0 rings (SSSR count). The van der Waals surface area contributed by atoms with Crippen molar-refractivity contribution in [2.75, 3.05) is 0 Å². The largest absolute Gasteiger partial charge is 0.544 e. The van der Waals surface area contributed by atoms with Gasteiger partial charge in [-0.25, -0.2) is 0 Å². The molecule has 0 fully saturated rings. The Balaban J connectivity index is 4.70. The summed E-state index contributed by atoms with van der Waals surface area (Å²) in [5, 5.41) is 9.44. The maximum atomic E-state index is 9.27. The predicted octanol–water partition coefficient (Wildman–Crippen LogP) is 3.85. The molecule has 0 bridgehead atoms. The van der Waals surface area contributed by atoms with Gasteiger partial charge in [-0.2, -0.15) is 0 Å². The standard InChI is InChI=1S/C13H26O2Si/c1-10(9-11(2)14)12(3)15-16(7,8)13(4,5)6/h9,11,14H,3H2,1-2,4-8H3/b10-9+/t11-/m1/s1. The number of aliphatic hydroxyl groups excluding tert-OH is 1. The van der Waals surface area contributed by atoms with E-state index in [1.165, 1.54) is 0 Å². The van der Waals surface area contributed by atoms with Crippen LogP contribution in [-0.4, -0.2) is 19.5 Å². The quantitative estimate of drug-likeness (QED) is 0.461. The molecule has 16 heavy (non-hydrogen) atoms. The van der Waals surface area contributed by atoms with Crippen LogP contribution in [0.4, 0.5) is 0 Å². The predicted molar refractivity (Wildman–Crippen MR) is 72.9 cm³/mol. The molecule has 0 unspecified atom stereocenters. The van der Waals surface area contributed by atoms with Crippen LogP contribution in [0.3, 0.4) is 0 Å². The number of hydrogen-bond donors (Lipinski definition) is 1. The summed E-state index contributed by atoms with van der Waals surface area (Å²) in [4.78, 5) is 0. The summed E-state index contributed by atoms with van der Waals surface area (Å²) in [5.74, 6) is 0.687. The number of rotatable bonds is 4. The van der Waals surface area contributed by atoms with Crippen LogP contribution in [-0.2, 0) is 4.43 Å². The van der Waals surface area contributed by atoms with Crippen LogP contribution >= 0.6 is 0 Å². The lowest BCUT2D eigenvalue weighted by Gasteiger charge is -2.37. The third kappa shape index (κ3) is 4.54. The maximum absolute atomic E-state index is 9.27. The van der Waals surface area contributed by atoms with E-state index < -0.39 is 14.4 Å². The highest BCUT2D eigenvalue weighted by molar-refractivity contribution is 6.74. The van der Waals surface area contributed by atoms with E-state index in [0.29, 0.717) is 5.76 Å². The van der Waals surface area contributed by atoms with E-state index in [1.807, 2.05) is 6.92 Å². The molecular weight excluding hydrogens is 216 g/mol. The van der Waals surface area contributed by atoms with E-state index in [2.05, 4.69) is 40.4 Å². The van der Waals surface area contributed by atoms with Crippen LogP contribution in [0.1, 0.15) is 34.6 Å². The Bertz CT molecular complexity index is 283. The summed E-state index contributed by atoms with van der Waals surface area (Å²) in [6.07, 6.45) is 1.30. The van der Waals surface area contributed by atoms with Gasteiger partial charge in [0.1, 0.15) is 0 Å². The Morgan fingerprint density at radius 1 is 1.38 bits per heavy atom. The molecule has 0 aliphatic rings. The molecule has 0 aromatic heterocycles. The van der Waals surface area contributed by atoms with Gasteiger partial charge < -0.3 is 9.53 Å². The van der Waals surface area contributed by atoms with Crippen LogP contribution in [0, 0.1) is 0 Å². The highest BCUT2D eigenvalue weighted by Gasteiger charge is 2.39. The zero-order chi connectivity index (χ0) is 13.1. The van der Waals surface area contributed by atoms with Crippen molar-refractivity contribution in [3.05, 3.63) is 24.0 Å². The number of allylic oxidation sites excluding steroid dienone is 1. The van der Waals surface area contributed by atoms with Gasteiger partial charge in [0, 0.05) is 0 Å². The molecule has 0 aliphatic heterocycles. The lowest BCUT2D eigenvalue weighted by atomic mass is 10.2. The summed E-state index contributed by atoms with van der Waals surface area (Å²) < 4.78 is 6.03. The molecule has 0 radical (unpaired) electrons. The molecule has 0 heterocycles. The molecular formula is C13H26O2Si. The summed E-state index contributed by atoms with van der Waals surface area (Å²) >= 11 is 0. The molecule has 0 amide bonds. The first-order valence-electron chi connectivity index (χ1n) is 5.72. The molecule has 1 atom stereocenters. The minimum absolute atomic E-state index is 0.168. The molecule has 0 saturated heterocycles. The van der Waals surface area contributed by atoms with Gasteiger partial charge in [-0.15, -0.1) is 0 Å². The molecule has 0 aromatic carbocycles. The Hall–Kier alpha value is -0.543. The average Bonchev–Trinajstić information content (AvgIpc) is 1.99. The summed E-state index contributed by atoms with van der Waals surface area (Å²) in [7, 11) is -1.80. The second kappa shape index (κ2) is 5.19. The fraction of sp³-hybridized carbons (Fsp3) is 0.692. The van der Waals surface area contributed by atoms with Crippen LogP contribution in [0.25, 0.3) is 0 Å².